The van der Waals surface area contributed by atoms with Crippen LogP contribution >= 0.6 is 24.0 Å². The first-order valence-corrected chi connectivity index (χ1v) is 10.2. The first-order chi connectivity index (χ1) is 13.5. The largest absolute Gasteiger partial charge is 0.497 e. The molecule has 0 aromatic heterocycles. The van der Waals surface area contributed by atoms with E-state index in [0.717, 1.165) is 44.0 Å². The van der Waals surface area contributed by atoms with Crippen LogP contribution in [0.4, 0.5) is 0 Å². The van der Waals surface area contributed by atoms with E-state index in [2.05, 4.69) is 34.4 Å². The smallest absolute Gasteiger partial charge is 0.191 e. The van der Waals surface area contributed by atoms with Crippen molar-refractivity contribution in [3.8, 4) is 11.5 Å². The zero-order valence-electron chi connectivity index (χ0n) is 18.3. The number of halogens is 1. The Labute approximate surface area is 192 Å². The summed E-state index contributed by atoms with van der Waals surface area (Å²) in [4.78, 5) is 7.10. The van der Waals surface area contributed by atoms with Crippen molar-refractivity contribution in [1.82, 2.24) is 15.5 Å². The van der Waals surface area contributed by atoms with Crippen LogP contribution in [0.5, 0.6) is 11.5 Å². The van der Waals surface area contributed by atoms with Gasteiger partial charge in [0, 0.05) is 37.8 Å². The number of guanidine groups is 1. The molecule has 1 atom stereocenters. The van der Waals surface area contributed by atoms with E-state index in [1.165, 1.54) is 0 Å². The van der Waals surface area contributed by atoms with E-state index in [9.17, 15) is 5.11 Å². The van der Waals surface area contributed by atoms with Gasteiger partial charge in [0.2, 0.25) is 0 Å². The van der Waals surface area contributed by atoms with E-state index in [-0.39, 0.29) is 30.5 Å². The molecular formula is C21H37IN4O3. The molecule has 1 unspecified atom stereocenters. The average molecular weight is 520 g/mol. The summed E-state index contributed by atoms with van der Waals surface area (Å²) < 4.78 is 10.6. The molecule has 1 aliphatic rings. The number of nitrogens with zero attached hydrogens (tertiary/aromatic N) is 2. The zero-order chi connectivity index (χ0) is 20.5. The molecular weight excluding hydrogens is 483 g/mol. The summed E-state index contributed by atoms with van der Waals surface area (Å²) in [6.07, 6.45) is 1.46. The molecule has 0 radical (unpaired) electrons. The molecule has 3 N–H and O–H groups in total. The Morgan fingerprint density at radius 1 is 1.17 bits per heavy atom. The monoisotopic (exact) mass is 520 g/mol. The van der Waals surface area contributed by atoms with Gasteiger partial charge in [-0.3, -0.25) is 4.99 Å². The van der Waals surface area contributed by atoms with Crippen LogP contribution < -0.4 is 20.1 Å². The number of methoxy groups -OCH3 is 2. The van der Waals surface area contributed by atoms with E-state index < -0.39 is 6.10 Å². The predicted molar refractivity (Wildman–Crippen MR) is 129 cm³/mol. The number of hydrogen-bond acceptors (Lipinski definition) is 5. The van der Waals surface area contributed by atoms with Gasteiger partial charge in [0.25, 0.3) is 0 Å². The van der Waals surface area contributed by atoms with Gasteiger partial charge >= 0.3 is 0 Å². The van der Waals surface area contributed by atoms with Crippen LogP contribution in [0.2, 0.25) is 0 Å². The summed E-state index contributed by atoms with van der Waals surface area (Å²) >= 11 is 0. The number of ether oxygens (including phenoxy) is 2. The molecule has 1 aliphatic heterocycles. The third-order valence-electron chi connectivity index (χ3n) is 5.13. The van der Waals surface area contributed by atoms with Gasteiger partial charge in [-0.15, -0.1) is 24.0 Å². The number of rotatable bonds is 8. The Morgan fingerprint density at radius 2 is 1.76 bits per heavy atom. The third kappa shape index (κ3) is 8.18. The SMILES string of the molecule is CCNC(=NCC(O)c1cc(OC)cc(OC)c1)NC1CCN(C(C)C)CC1.I. The lowest BCUT2D eigenvalue weighted by Crippen LogP contribution is -2.50. The topological polar surface area (TPSA) is 78.4 Å². The summed E-state index contributed by atoms with van der Waals surface area (Å²) in [6, 6.07) is 6.41. The highest BCUT2D eigenvalue weighted by atomic mass is 127. The fourth-order valence-electron chi connectivity index (χ4n) is 3.38. The van der Waals surface area contributed by atoms with Crippen molar-refractivity contribution in [3.05, 3.63) is 23.8 Å². The zero-order valence-corrected chi connectivity index (χ0v) is 20.6. The Morgan fingerprint density at radius 3 is 2.24 bits per heavy atom. The quantitative estimate of drug-likeness (QED) is 0.278. The molecule has 0 spiro atoms. The van der Waals surface area contributed by atoms with Crippen LogP contribution in [0, 0.1) is 0 Å². The van der Waals surface area contributed by atoms with Gasteiger partial charge in [0.05, 0.1) is 26.9 Å². The molecule has 1 aromatic rings. The number of hydrogen-bond donors (Lipinski definition) is 3. The van der Waals surface area contributed by atoms with Crippen molar-refractivity contribution in [2.45, 2.75) is 51.8 Å². The van der Waals surface area contributed by atoms with Crippen LogP contribution in [-0.2, 0) is 0 Å². The molecule has 1 fully saturated rings. The number of aliphatic imine (C=N–C) groups is 1. The van der Waals surface area contributed by atoms with E-state index in [1.54, 1.807) is 20.3 Å². The van der Waals surface area contributed by atoms with Crippen molar-refractivity contribution in [1.29, 1.82) is 0 Å². The molecule has 7 nitrogen and oxygen atoms in total. The maximum absolute atomic E-state index is 10.6. The lowest BCUT2D eigenvalue weighted by atomic mass is 10.0. The standard InChI is InChI=1S/C21H36N4O3.HI/c1-6-22-21(24-17-7-9-25(10-8-17)15(2)3)23-14-20(26)16-11-18(27-4)13-19(12-16)28-5;/h11-13,15,17,20,26H,6-10,14H2,1-5H3,(H2,22,23,24);1H. The minimum absolute atomic E-state index is 0. The Bertz CT molecular complexity index is 612. The predicted octanol–water partition coefficient (Wildman–Crippen LogP) is 2.78. The maximum atomic E-state index is 10.6. The van der Waals surface area contributed by atoms with Crippen LogP contribution in [0.1, 0.15) is 45.3 Å². The van der Waals surface area contributed by atoms with Crippen molar-refractivity contribution in [3.63, 3.8) is 0 Å². The Kier molecular flexibility index (Phi) is 11.7. The Balaban J connectivity index is 0.00000420. The van der Waals surface area contributed by atoms with Gasteiger partial charge < -0.3 is 30.1 Å². The molecule has 2 rings (SSSR count). The molecule has 1 saturated heterocycles. The molecule has 0 saturated carbocycles. The lowest BCUT2D eigenvalue weighted by molar-refractivity contribution is 0.167. The van der Waals surface area contributed by atoms with Gasteiger partial charge in [0.1, 0.15) is 11.5 Å². The molecule has 1 aromatic carbocycles. The first kappa shape index (κ1) is 25.8. The van der Waals surface area contributed by atoms with Crippen LogP contribution in [-0.4, -0.2) is 68.4 Å². The van der Waals surface area contributed by atoms with Gasteiger partial charge in [-0.2, -0.15) is 0 Å². The van der Waals surface area contributed by atoms with E-state index in [4.69, 9.17) is 9.47 Å². The third-order valence-corrected chi connectivity index (χ3v) is 5.13. The second-order valence-corrected chi connectivity index (χ2v) is 7.43. The average Bonchev–Trinajstić information content (AvgIpc) is 2.71. The molecule has 8 heteroatoms. The number of likely N-dealkylation sites (tertiary alicyclic amines) is 1. The molecule has 1 heterocycles. The van der Waals surface area contributed by atoms with Crippen molar-refractivity contribution >= 4 is 29.9 Å². The second kappa shape index (κ2) is 13.1. The summed E-state index contributed by atoms with van der Waals surface area (Å²) in [7, 11) is 3.20. The first-order valence-electron chi connectivity index (χ1n) is 10.2. The lowest BCUT2D eigenvalue weighted by Gasteiger charge is -2.35. The van der Waals surface area contributed by atoms with Crippen LogP contribution in [0.15, 0.2) is 23.2 Å². The minimum atomic E-state index is -0.734. The van der Waals surface area contributed by atoms with Crippen molar-refractivity contribution < 1.29 is 14.6 Å². The summed E-state index contributed by atoms with van der Waals surface area (Å²) in [5.41, 5.74) is 0.723. The number of aliphatic hydroxyl groups is 1. The van der Waals surface area contributed by atoms with Gasteiger partial charge in [-0.05, 0) is 51.3 Å². The van der Waals surface area contributed by atoms with E-state index in [1.807, 2.05) is 19.1 Å². The van der Waals surface area contributed by atoms with E-state index in [0.29, 0.717) is 23.6 Å². The van der Waals surface area contributed by atoms with Crippen molar-refractivity contribution in [2.24, 2.45) is 4.99 Å². The van der Waals surface area contributed by atoms with Crippen LogP contribution in [0.25, 0.3) is 0 Å². The van der Waals surface area contributed by atoms with Crippen molar-refractivity contribution in [2.75, 3.05) is 40.4 Å². The minimum Gasteiger partial charge on any atom is -0.497 e. The Hall–Kier alpha value is -1.26. The highest BCUT2D eigenvalue weighted by Gasteiger charge is 2.21. The molecule has 29 heavy (non-hydrogen) atoms. The summed E-state index contributed by atoms with van der Waals surface area (Å²) in [6.45, 7) is 9.77. The highest BCUT2D eigenvalue weighted by Crippen LogP contribution is 2.26. The number of nitrogens with one attached hydrogen (secondary N) is 2. The molecule has 0 aliphatic carbocycles. The molecule has 0 bridgehead atoms. The second-order valence-electron chi connectivity index (χ2n) is 7.43. The normalized spacial score (nSPS) is 16.9. The summed E-state index contributed by atoms with van der Waals surface area (Å²) in [5.74, 6) is 2.05. The highest BCUT2D eigenvalue weighted by molar-refractivity contribution is 14.0. The van der Waals surface area contributed by atoms with E-state index >= 15 is 0 Å². The fraction of sp³-hybridized carbons (Fsp3) is 0.667. The van der Waals surface area contributed by atoms with Gasteiger partial charge in [0.15, 0.2) is 5.96 Å². The number of aliphatic hydroxyl groups excluding tert-OH is 1. The van der Waals surface area contributed by atoms with Gasteiger partial charge in [-0.1, -0.05) is 0 Å². The molecule has 0 amide bonds. The number of benzene rings is 1. The maximum Gasteiger partial charge on any atom is 0.191 e. The van der Waals surface area contributed by atoms with Crippen LogP contribution in [0.3, 0.4) is 0 Å². The van der Waals surface area contributed by atoms with Gasteiger partial charge in [-0.25, -0.2) is 0 Å². The fourth-order valence-corrected chi connectivity index (χ4v) is 3.38. The summed E-state index contributed by atoms with van der Waals surface area (Å²) in [5, 5.41) is 17.4. The molecule has 166 valence electrons. The number of piperidine rings is 1.